The molecule has 0 aliphatic carbocycles. The Labute approximate surface area is 224 Å². The number of nitrogens with one attached hydrogen (secondary N) is 2. The number of aromatic nitrogens is 2. The lowest BCUT2D eigenvalue weighted by Gasteiger charge is -2.21. The maximum Gasteiger partial charge on any atom is 0.407 e. The Morgan fingerprint density at radius 2 is 1.76 bits per heavy atom. The van der Waals surface area contributed by atoms with Gasteiger partial charge in [-0.05, 0) is 81.8 Å². The Hall–Kier alpha value is -3.88. The van der Waals surface area contributed by atoms with Crippen LogP contribution in [0.3, 0.4) is 0 Å². The van der Waals surface area contributed by atoms with Crippen molar-refractivity contribution in [2.45, 2.75) is 72.4 Å². The highest BCUT2D eigenvalue weighted by molar-refractivity contribution is 5.79. The minimum absolute atomic E-state index is 0.179. The first-order chi connectivity index (χ1) is 17.9. The van der Waals surface area contributed by atoms with Crippen LogP contribution in [0.4, 0.5) is 4.79 Å². The van der Waals surface area contributed by atoms with Gasteiger partial charge in [0.1, 0.15) is 17.4 Å². The van der Waals surface area contributed by atoms with E-state index in [-0.39, 0.29) is 30.0 Å². The molecule has 0 unspecified atom stereocenters. The van der Waals surface area contributed by atoms with Crippen LogP contribution in [0.1, 0.15) is 74.1 Å². The van der Waals surface area contributed by atoms with E-state index >= 15 is 0 Å². The van der Waals surface area contributed by atoms with Crippen molar-refractivity contribution in [1.29, 1.82) is 0 Å². The molecule has 204 valence electrons. The second-order valence-corrected chi connectivity index (χ2v) is 10.7. The molecule has 0 fully saturated rings. The number of carbonyl (C=O) groups excluding carboxylic acids is 2. The standard InChI is InChI=1S/C29H38N4O5/c1-18-14-22(34)15-19(2)23(18)16-20(3)26(35)31-24(12-13-30-28(36)37-29(4,5)6)27-32-25(33-38-27)17-21-10-8-7-9-11-21/h7-11,14-15,20,24,34H,12-13,16-17H2,1-6H3,(H,30,36)(H,31,35)/t20-,24-/m0/s1. The fraction of sp³-hybridized carbons (Fsp3) is 0.448. The highest BCUT2D eigenvalue weighted by atomic mass is 16.6. The largest absolute Gasteiger partial charge is 0.508 e. The molecule has 0 bridgehead atoms. The van der Waals surface area contributed by atoms with Gasteiger partial charge < -0.3 is 25.0 Å². The lowest BCUT2D eigenvalue weighted by molar-refractivity contribution is -0.125. The van der Waals surface area contributed by atoms with Crippen molar-refractivity contribution >= 4 is 12.0 Å². The average Bonchev–Trinajstić information content (AvgIpc) is 3.28. The number of alkyl carbamates (subject to hydrolysis) is 1. The van der Waals surface area contributed by atoms with E-state index in [0.717, 1.165) is 22.3 Å². The molecule has 0 saturated carbocycles. The van der Waals surface area contributed by atoms with E-state index in [1.165, 1.54) is 0 Å². The van der Waals surface area contributed by atoms with Crippen LogP contribution in [0.2, 0.25) is 0 Å². The first-order valence-electron chi connectivity index (χ1n) is 12.8. The summed E-state index contributed by atoms with van der Waals surface area (Å²) in [5.74, 6) is 0.460. The van der Waals surface area contributed by atoms with Crippen LogP contribution >= 0.6 is 0 Å². The fourth-order valence-electron chi connectivity index (χ4n) is 4.15. The number of amides is 2. The summed E-state index contributed by atoms with van der Waals surface area (Å²) >= 11 is 0. The molecule has 0 aliphatic heterocycles. The van der Waals surface area contributed by atoms with Gasteiger partial charge in [-0.1, -0.05) is 42.4 Å². The topological polar surface area (TPSA) is 127 Å². The third-order valence-corrected chi connectivity index (χ3v) is 6.04. The van der Waals surface area contributed by atoms with Crippen molar-refractivity contribution in [2.24, 2.45) is 5.92 Å². The number of rotatable bonds is 10. The Morgan fingerprint density at radius 3 is 2.39 bits per heavy atom. The van der Waals surface area contributed by atoms with Crippen molar-refractivity contribution in [3.8, 4) is 5.75 Å². The first-order valence-corrected chi connectivity index (χ1v) is 12.8. The van der Waals surface area contributed by atoms with Gasteiger partial charge in [-0.25, -0.2) is 4.79 Å². The van der Waals surface area contributed by atoms with Crippen LogP contribution < -0.4 is 10.6 Å². The third kappa shape index (κ3) is 8.61. The van der Waals surface area contributed by atoms with Gasteiger partial charge in [0.2, 0.25) is 11.8 Å². The summed E-state index contributed by atoms with van der Waals surface area (Å²) in [7, 11) is 0. The van der Waals surface area contributed by atoms with Crippen molar-refractivity contribution in [3.05, 3.63) is 76.4 Å². The summed E-state index contributed by atoms with van der Waals surface area (Å²) in [6.45, 7) is 11.3. The van der Waals surface area contributed by atoms with E-state index in [2.05, 4.69) is 20.8 Å². The molecule has 0 aliphatic rings. The molecule has 3 N–H and O–H groups in total. The highest BCUT2D eigenvalue weighted by Gasteiger charge is 2.25. The smallest absolute Gasteiger partial charge is 0.407 e. The molecular formula is C29H38N4O5. The Bertz CT molecular complexity index is 1210. The predicted molar refractivity (Wildman–Crippen MR) is 144 cm³/mol. The average molecular weight is 523 g/mol. The van der Waals surface area contributed by atoms with Crippen LogP contribution in [0.5, 0.6) is 5.75 Å². The van der Waals surface area contributed by atoms with Crippen molar-refractivity contribution in [1.82, 2.24) is 20.8 Å². The van der Waals surface area contributed by atoms with Crippen LogP contribution in [-0.4, -0.2) is 39.4 Å². The lowest BCUT2D eigenvalue weighted by atomic mass is 9.92. The van der Waals surface area contributed by atoms with Gasteiger partial charge in [-0.2, -0.15) is 4.98 Å². The molecular weight excluding hydrogens is 484 g/mol. The molecule has 1 aromatic heterocycles. The summed E-state index contributed by atoms with van der Waals surface area (Å²) in [5.41, 5.74) is 3.32. The quantitative estimate of drug-likeness (QED) is 0.344. The molecule has 2 amide bonds. The van der Waals surface area contributed by atoms with Crippen molar-refractivity contribution in [2.75, 3.05) is 6.54 Å². The number of nitrogens with zero attached hydrogens (tertiary/aromatic N) is 2. The molecule has 2 aromatic carbocycles. The van der Waals surface area contributed by atoms with E-state index in [0.29, 0.717) is 25.1 Å². The van der Waals surface area contributed by atoms with Gasteiger partial charge in [-0.15, -0.1) is 0 Å². The first kappa shape index (κ1) is 28.7. The normalized spacial score (nSPS) is 13.0. The summed E-state index contributed by atoms with van der Waals surface area (Å²) in [6.07, 6.45) is 0.804. The van der Waals surface area contributed by atoms with Gasteiger partial charge in [0.05, 0.1) is 0 Å². The van der Waals surface area contributed by atoms with Crippen molar-refractivity contribution < 1.29 is 24.0 Å². The van der Waals surface area contributed by atoms with E-state index in [4.69, 9.17) is 9.26 Å². The maximum absolute atomic E-state index is 13.2. The molecule has 0 saturated heterocycles. The number of benzene rings is 2. The molecule has 3 rings (SSSR count). The SMILES string of the molecule is Cc1cc(O)cc(C)c1C[C@H](C)C(=O)N[C@@H](CCNC(=O)OC(C)(C)C)c1nc(Cc2ccccc2)no1. The number of aromatic hydroxyl groups is 1. The van der Waals surface area contributed by atoms with Crippen LogP contribution in [0.15, 0.2) is 47.0 Å². The highest BCUT2D eigenvalue weighted by Crippen LogP contribution is 2.24. The van der Waals surface area contributed by atoms with Crippen LogP contribution in [0.25, 0.3) is 0 Å². The lowest BCUT2D eigenvalue weighted by Crippen LogP contribution is -2.37. The van der Waals surface area contributed by atoms with E-state index in [9.17, 15) is 14.7 Å². The van der Waals surface area contributed by atoms with Crippen LogP contribution in [-0.2, 0) is 22.4 Å². The van der Waals surface area contributed by atoms with E-state index in [1.807, 2.05) is 51.1 Å². The second-order valence-electron chi connectivity index (χ2n) is 10.7. The monoisotopic (exact) mass is 522 g/mol. The summed E-state index contributed by atoms with van der Waals surface area (Å²) < 4.78 is 10.8. The Kier molecular flexibility index (Phi) is 9.50. The minimum Gasteiger partial charge on any atom is -0.508 e. The minimum atomic E-state index is -0.615. The molecule has 38 heavy (non-hydrogen) atoms. The zero-order chi connectivity index (χ0) is 27.9. The number of carbonyl (C=O) groups is 2. The molecule has 0 radical (unpaired) electrons. The van der Waals surface area contributed by atoms with Gasteiger partial charge in [-0.3, -0.25) is 4.79 Å². The van der Waals surface area contributed by atoms with Crippen molar-refractivity contribution in [3.63, 3.8) is 0 Å². The van der Waals surface area contributed by atoms with Gasteiger partial charge in [0.15, 0.2) is 5.82 Å². The van der Waals surface area contributed by atoms with E-state index in [1.54, 1.807) is 32.9 Å². The number of ether oxygens (including phenoxy) is 1. The Balaban J connectivity index is 1.71. The number of phenolic OH excluding ortho intramolecular Hbond substituents is 1. The molecule has 0 spiro atoms. The van der Waals surface area contributed by atoms with Gasteiger partial charge in [0, 0.05) is 18.9 Å². The third-order valence-electron chi connectivity index (χ3n) is 6.04. The van der Waals surface area contributed by atoms with Gasteiger partial charge >= 0.3 is 6.09 Å². The summed E-state index contributed by atoms with van der Waals surface area (Å²) in [6, 6.07) is 12.6. The second kappa shape index (κ2) is 12.6. The Morgan fingerprint density at radius 1 is 1.11 bits per heavy atom. The molecule has 3 aromatic rings. The molecule has 1 heterocycles. The molecule has 9 nitrogen and oxygen atoms in total. The fourth-order valence-corrected chi connectivity index (χ4v) is 4.15. The number of aryl methyl sites for hydroxylation is 2. The zero-order valence-electron chi connectivity index (χ0n) is 23.0. The number of hydrogen-bond acceptors (Lipinski definition) is 7. The summed E-state index contributed by atoms with van der Waals surface area (Å²) in [5, 5.41) is 19.7. The molecule has 2 atom stereocenters. The van der Waals surface area contributed by atoms with Gasteiger partial charge in [0.25, 0.3) is 0 Å². The number of phenols is 1. The maximum atomic E-state index is 13.2. The van der Waals surface area contributed by atoms with E-state index < -0.39 is 17.7 Å². The number of hydrogen-bond donors (Lipinski definition) is 3. The van der Waals surface area contributed by atoms with Crippen LogP contribution in [0, 0.1) is 19.8 Å². The molecule has 9 heteroatoms. The summed E-state index contributed by atoms with van der Waals surface area (Å²) in [4.78, 5) is 29.9. The zero-order valence-corrected chi connectivity index (χ0v) is 23.0. The predicted octanol–water partition coefficient (Wildman–Crippen LogP) is 4.93.